The van der Waals surface area contributed by atoms with E-state index in [1.807, 2.05) is 7.05 Å². The summed E-state index contributed by atoms with van der Waals surface area (Å²) in [4.78, 5) is 6.77. The zero-order valence-corrected chi connectivity index (χ0v) is 16.5. The number of rotatable bonds is 4. The summed E-state index contributed by atoms with van der Waals surface area (Å²) in [6.45, 7) is 3.70. The first-order valence-corrected chi connectivity index (χ1v) is 9.91. The van der Waals surface area contributed by atoms with Gasteiger partial charge in [0.25, 0.3) is 0 Å². The van der Waals surface area contributed by atoms with Gasteiger partial charge in [-0.2, -0.15) is 0 Å². The van der Waals surface area contributed by atoms with Crippen molar-refractivity contribution < 1.29 is 0 Å². The average molecular weight is 418 g/mol. The third kappa shape index (κ3) is 3.70. The normalized spacial score (nSPS) is 19.7. The molecule has 2 aliphatic heterocycles. The number of aromatic nitrogens is 3. The Hall–Kier alpha value is -2.09. The number of hydrogen-bond acceptors (Lipinski definition) is 4. The van der Waals surface area contributed by atoms with Crippen LogP contribution in [0.2, 0.25) is 0 Å². The van der Waals surface area contributed by atoms with Crippen LogP contribution in [0.5, 0.6) is 0 Å². The Bertz CT molecular complexity index is 783. The summed E-state index contributed by atoms with van der Waals surface area (Å²) >= 11 is 3.49. The van der Waals surface area contributed by atoms with Gasteiger partial charge in [-0.1, -0.05) is 15.9 Å². The van der Waals surface area contributed by atoms with Crippen molar-refractivity contribution in [1.82, 2.24) is 25.4 Å². The highest BCUT2D eigenvalue weighted by Gasteiger charge is 2.24. The van der Waals surface area contributed by atoms with Gasteiger partial charge < -0.3 is 20.1 Å². The number of benzene rings is 1. The molecule has 8 heteroatoms. The molecule has 1 aromatic heterocycles. The number of halogens is 1. The van der Waals surface area contributed by atoms with Crippen molar-refractivity contribution in [2.75, 3.05) is 25.0 Å². The van der Waals surface area contributed by atoms with Gasteiger partial charge in [-0.15, -0.1) is 10.2 Å². The van der Waals surface area contributed by atoms with Crippen molar-refractivity contribution in [2.45, 2.75) is 38.4 Å². The zero-order valence-electron chi connectivity index (χ0n) is 15.0. The highest BCUT2D eigenvalue weighted by atomic mass is 79.9. The lowest BCUT2D eigenvalue weighted by molar-refractivity contribution is 0.630. The third-order valence-corrected chi connectivity index (χ3v) is 5.57. The van der Waals surface area contributed by atoms with E-state index in [1.54, 1.807) is 0 Å². The maximum Gasteiger partial charge on any atom is 0.191 e. The number of fused-ring (bicyclic) bond motifs is 1. The van der Waals surface area contributed by atoms with Crippen LogP contribution in [0.25, 0.3) is 0 Å². The van der Waals surface area contributed by atoms with Gasteiger partial charge in [0.05, 0.1) is 6.54 Å². The minimum absolute atomic E-state index is 0.383. The second-order valence-corrected chi connectivity index (χ2v) is 7.68. The van der Waals surface area contributed by atoms with Crippen molar-refractivity contribution >= 4 is 27.6 Å². The van der Waals surface area contributed by atoms with Crippen LogP contribution in [-0.4, -0.2) is 46.9 Å². The van der Waals surface area contributed by atoms with E-state index >= 15 is 0 Å². The summed E-state index contributed by atoms with van der Waals surface area (Å²) in [7, 11) is 1.81. The number of nitrogens with one attached hydrogen (secondary N) is 2. The highest BCUT2D eigenvalue weighted by molar-refractivity contribution is 9.10. The Morgan fingerprint density at radius 3 is 2.92 bits per heavy atom. The molecule has 1 atom stereocenters. The van der Waals surface area contributed by atoms with E-state index in [0.717, 1.165) is 54.6 Å². The fraction of sp³-hybridized carbons (Fsp3) is 0.500. The van der Waals surface area contributed by atoms with Crippen LogP contribution in [0.15, 0.2) is 33.7 Å². The quantitative estimate of drug-likeness (QED) is 0.587. The number of guanidine groups is 1. The van der Waals surface area contributed by atoms with Crippen LogP contribution in [0.3, 0.4) is 0 Å². The molecule has 0 saturated carbocycles. The minimum Gasteiger partial charge on any atom is -0.369 e. The molecule has 1 unspecified atom stereocenters. The van der Waals surface area contributed by atoms with Crippen LogP contribution >= 0.6 is 15.9 Å². The fourth-order valence-electron chi connectivity index (χ4n) is 3.66. The second-order valence-electron chi connectivity index (χ2n) is 6.77. The van der Waals surface area contributed by atoms with Crippen LogP contribution in [0, 0.1) is 0 Å². The Labute approximate surface area is 162 Å². The van der Waals surface area contributed by atoms with E-state index in [2.05, 4.69) is 75.5 Å². The van der Waals surface area contributed by atoms with Crippen LogP contribution in [-0.2, 0) is 19.5 Å². The summed E-state index contributed by atoms with van der Waals surface area (Å²) in [5, 5.41) is 15.5. The third-order valence-electron chi connectivity index (χ3n) is 5.04. The molecule has 0 spiro atoms. The molecular weight excluding hydrogens is 394 g/mol. The summed E-state index contributed by atoms with van der Waals surface area (Å²) in [6.07, 6.45) is 3.30. The van der Waals surface area contributed by atoms with Gasteiger partial charge in [-0.25, -0.2) is 0 Å². The Kier molecular flexibility index (Phi) is 5.10. The number of anilines is 1. The van der Waals surface area contributed by atoms with E-state index in [1.165, 1.54) is 12.1 Å². The molecule has 1 fully saturated rings. The fourth-order valence-corrected chi connectivity index (χ4v) is 3.92. The van der Waals surface area contributed by atoms with E-state index in [4.69, 9.17) is 0 Å². The standard InChI is InChI=1S/C18H24BrN7/c1-20-18(21-11-17-24-23-16-3-2-9-26(16)17)22-14-8-10-25(12-14)15-6-4-13(19)5-7-15/h4-7,14H,2-3,8-12H2,1H3,(H2,20,21,22). The number of nitrogens with zero attached hydrogens (tertiary/aromatic N) is 5. The number of aliphatic imine (C=N–C) groups is 1. The maximum absolute atomic E-state index is 4.37. The van der Waals surface area contributed by atoms with Crippen molar-refractivity contribution in [2.24, 2.45) is 4.99 Å². The summed E-state index contributed by atoms with van der Waals surface area (Å²) < 4.78 is 3.32. The van der Waals surface area contributed by atoms with Gasteiger partial charge in [0.1, 0.15) is 5.82 Å². The summed E-state index contributed by atoms with van der Waals surface area (Å²) in [5.74, 6) is 2.91. The molecule has 3 heterocycles. The molecule has 0 amide bonds. The van der Waals surface area contributed by atoms with Crippen LogP contribution in [0.4, 0.5) is 5.69 Å². The lowest BCUT2D eigenvalue weighted by Crippen LogP contribution is -2.44. The predicted octanol–water partition coefficient (Wildman–Crippen LogP) is 1.93. The lowest BCUT2D eigenvalue weighted by Gasteiger charge is -2.20. The van der Waals surface area contributed by atoms with E-state index < -0.39 is 0 Å². The van der Waals surface area contributed by atoms with Gasteiger partial charge in [-0.3, -0.25) is 4.99 Å². The molecule has 0 radical (unpaired) electrons. The first kappa shape index (κ1) is 17.3. The minimum atomic E-state index is 0.383. The smallest absolute Gasteiger partial charge is 0.191 e. The summed E-state index contributed by atoms with van der Waals surface area (Å²) in [5.41, 5.74) is 1.26. The molecule has 26 heavy (non-hydrogen) atoms. The van der Waals surface area contributed by atoms with Crippen LogP contribution < -0.4 is 15.5 Å². The molecule has 0 aliphatic carbocycles. The van der Waals surface area contributed by atoms with Crippen molar-refractivity contribution in [3.05, 3.63) is 40.4 Å². The van der Waals surface area contributed by atoms with Crippen molar-refractivity contribution in [1.29, 1.82) is 0 Å². The lowest BCUT2D eigenvalue weighted by atomic mass is 10.3. The SMILES string of the molecule is CN=C(NCc1nnc2n1CCC2)NC1CCN(c2ccc(Br)cc2)C1. The van der Waals surface area contributed by atoms with Crippen molar-refractivity contribution in [3.8, 4) is 0 Å². The van der Waals surface area contributed by atoms with Crippen LogP contribution in [0.1, 0.15) is 24.5 Å². The van der Waals surface area contributed by atoms with E-state index in [9.17, 15) is 0 Å². The van der Waals surface area contributed by atoms with E-state index in [0.29, 0.717) is 12.6 Å². The molecule has 4 rings (SSSR count). The molecular formula is C18H24BrN7. The Morgan fingerprint density at radius 2 is 2.12 bits per heavy atom. The van der Waals surface area contributed by atoms with Gasteiger partial charge in [-0.05, 0) is 37.1 Å². The molecule has 2 aromatic rings. The monoisotopic (exact) mass is 417 g/mol. The van der Waals surface area contributed by atoms with E-state index in [-0.39, 0.29) is 0 Å². The average Bonchev–Trinajstić information content (AvgIpc) is 3.37. The highest BCUT2D eigenvalue weighted by Crippen LogP contribution is 2.22. The molecule has 2 N–H and O–H groups in total. The summed E-state index contributed by atoms with van der Waals surface area (Å²) in [6, 6.07) is 8.88. The number of hydrogen-bond donors (Lipinski definition) is 2. The molecule has 0 bridgehead atoms. The predicted molar refractivity (Wildman–Crippen MR) is 106 cm³/mol. The van der Waals surface area contributed by atoms with Gasteiger partial charge >= 0.3 is 0 Å². The first-order valence-electron chi connectivity index (χ1n) is 9.11. The molecule has 2 aliphatic rings. The molecule has 138 valence electrons. The van der Waals surface area contributed by atoms with Gasteiger partial charge in [0.2, 0.25) is 0 Å². The van der Waals surface area contributed by atoms with Crippen molar-refractivity contribution in [3.63, 3.8) is 0 Å². The first-order chi connectivity index (χ1) is 12.7. The topological polar surface area (TPSA) is 70.4 Å². The largest absolute Gasteiger partial charge is 0.369 e. The molecule has 1 saturated heterocycles. The van der Waals surface area contributed by atoms with Gasteiger partial charge in [0, 0.05) is 49.3 Å². The maximum atomic E-state index is 4.37. The zero-order chi connectivity index (χ0) is 17.9. The molecule has 1 aromatic carbocycles. The molecule has 7 nitrogen and oxygen atoms in total. The number of aryl methyl sites for hydroxylation is 1. The second kappa shape index (κ2) is 7.65. The van der Waals surface area contributed by atoms with Gasteiger partial charge in [0.15, 0.2) is 11.8 Å². The Balaban J connectivity index is 1.30. The Morgan fingerprint density at radius 1 is 1.27 bits per heavy atom.